The third-order valence-corrected chi connectivity index (χ3v) is 4.16. The molecule has 1 N–H and O–H groups in total. The summed E-state index contributed by atoms with van der Waals surface area (Å²) in [6.45, 7) is 9.23. The van der Waals surface area contributed by atoms with Gasteiger partial charge in [0, 0.05) is 29.8 Å². The normalized spacial score (nSPS) is 19.2. The molecular formula is C18H27ClN2O2. The van der Waals surface area contributed by atoms with Gasteiger partial charge in [0.15, 0.2) is 0 Å². The van der Waals surface area contributed by atoms with Gasteiger partial charge in [-0.15, -0.1) is 0 Å². The SMILES string of the molecule is Cc1cc(Cl)ccc1NC1CCCN(C(=O)OC(C)(C)C)CC1. The standard InChI is InChI=1S/C18H27ClN2O2/c1-13-12-14(19)7-8-16(13)20-15-6-5-10-21(11-9-15)17(22)23-18(2,3)4/h7-8,12,15,20H,5-6,9-11H2,1-4H3. The summed E-state index contributed by atoms with van der Waals surface area (Å²) >= 11 is 6.01. The van der Waals surface area contributed by atoms with E-state index in [1.165, 1.54) is 0 Å². The van der Waals surface area contributed by atoms with Crippen LogP contribution >= 0.6 is 11.6 Å². The maximum atomic E-state index is 12.2. The van der Waals surface area contributed by atoms with E-state index in [1.54, 1.807) is 0 Å². The van der Waals surface area contributed by atoms with Crippen molar-refractivity contribution in [2.75, 3.05) is 18.4 Å². The van der Waals surface area contributed by atoms with Crippen LogP contribution in [0.2, 0.25) is 5.02 Å². The smallest absolute Gasteiger partial charge is 0.410 e. The van der Waals surface area contributed by atoms with Gasteiger partial charge >= 0.3 is 6.09 Å². The maximum Gasteiger partial charge on any atom is 0.410 e. The fraction of sp³-hybridized carbons (Fsp3) is 0.611. The molecule has 0 saturated carbocycles. The Balaban J connectivity index is 1.92. The number of aryl methyl sites for hydroxylation is 1. The molecule has 0 radical (unpaired) electrons. The predicted molar refractivity (Wildman–Crippen MR) is 95.3 cm³/mol. The molecule has 1 atom stereocenters. The van der Waals surface area contributed by atoms with Crippen molar-refractivity contribution in [2.45, 2.75) is 58.6 Å². The van der Waals surface area contributed by atoms with E-state index < -0.39 is 5.60 Å². The molecule has 0 spiro atoms. The van der Waals surface area contributed by atoms with Crippen molar-refractivity contribution in [3.8, 4) is 0 Å². The van der Waals surface area contributed by atoms with E-state index in [4.69, 9.17) is 16.3 Å². The lowest BCUT2D eigenvalue weighted by atomic mass is 10.1. The minimum Gasteiger partial charge on any atom is -0.444 e. The van der Waals surface area contributed by atoms with Gasteiger partial charge in [-0.25, -0.2) is 4.79 Å². The van der Waals surface area contributed by atoms with Crippen molar-refractivity contribution in [2.24, 2.45) is 0 Å². The van der Waals surface area contributed by atoms with Crippen LogP contribution in [0.5, 0.6) is 0 Å². The van der Waals surface area contributed by atoms with Crippen LogP contribution in [0.25, 0.3) is 0 Å². The van der Waals surface area contributed by atoms with Crippen LogP contribution in [0.1, 0.15) is 45.6 Å². The highest BCUT2D eigenvalue weighted by Gasteiger charge is 2.25. The number of benzene rings is 1. The summed E-state index contributed by atoms with van der Waals surface area (Å²) < 4.78 is 5.47. The molecule has 1 aliphatic heterocycles. The molecule has 2 rings (SSSR count). The lowest BCUT2D eigenvalue weighted by Crippen LogP contribution is -2.37. The second-order valence-electron chi connectivity index (χ2n) is 7.20. The molecule has 1 aromatic rings. The molecule has 0 aliphatic carbocycles. The van der Waals surface area contributed by atoms with Crippen LogP contribution in [0.15, 0.2) is 18.2 Å². The third-order valence-electron chi connectivity index (χ3n) is 3.93. The van der Waals surface area contributed by atoms with Crippen molar-refractivity contribution < 1.29 is 9.53 Å². The lowest BCUT2D eigenvalue weighted by molar-refractivity contribution is 0.0256. The number of halogens is 1. The number of nitrogens with one attached hydrogen (secondary N) is 1. The number of rotatable bonds is 2. The fourth-order valence-electron chi connectivity index (χ4n) is 2.76. The molecule has 23 heavy (non-hydrogen) atoms. The highest BCUT2D eigenvalue weighted by Crippen LogP contribution is 2.23. The molecule has 1 unspecified atom stereocenters. The summed E-state index contributed by atoms with van der Waals surface area (Å²) in [5.74, 6) is 0. The molecule has 1 aromatic carbocycles. The number of carbonyl (C=O) groups excluding carboxylic acids is 1. The van der Waals surface area contributed by atoms with Gasteiger partial charge in [0.2, 0.25) is 0 Å². The first-order chi connectivity index (χ1) is 10.7. The van der Waals surface area contributed by atoms with Gasteiger partial charge in [0.05, 0.1) is 0 Å². The molecule has 1 aliphatic rings. The largest absolute Gasteiger partial charge is 0.444 e. The topological polar surface area (TPSA) is 41.6 Å². The first kappa shape index (κ1) is 17.9. The van der Waals surface area contributed by atoms with Crippen molar-refractivity contribution in [3.05, 3.63) is 28.8 Å². The molecule has 1 fully saturated rings. The average Bonchev–Trinajstić information content (AvgIpc) is 2.66. The first-order valence-corrected chi connectivity index (χ1v) is 8.63. The van der Waals surface area contributed by atoms with E-state index in [-0.39, 0.29) is 6.09 Å². The van der Waals surface area contributed by atoms with Gasteiger partial charge < -0.3 is 15.0 Å². The van der Waals surface area contributed by atoms with Crippen LogP contribution in [0.3, 0.4) is 0 Å². The van der Waals surface area contributed by atoms with Gasteiger partial charge in [0.1, 0.15) is 5.60 Å². The summed E-state index contributed by atoms with van der Waals surface area (Å²) in [7, 11) is 0. The summed E-state index contributed by atoms with van der Waals surface area (Å²) in [6, 6.07) is 6.25. The summed E-state index contributed by atoms with van der Waals surface area (Å²) in [5.41, 5.74) is 1.82. The Bertz CT molecular complexity index is 554. The average molecular weight is 339 g/mol. The van der Waals surface area contributed by atoms with Gasteiger partial charge in [-0.3, -0.25) is 0 Å². The Hall–Kier alpha value is -1.42. The van der Waals surface area contributed by atoms with Crippen LogP contribution in [-0.2, 0) is 4.74 Å². The van der Waals surface area contributed by atoms with Gasteiger partial charge in [-0.1, -0.05) is 11.6 Å². The van der Waals surface area contributed by atoms with E-state index in [1.807, 2.05) is 43.9 Å². The number of likely N-dealkylation sites (tertiary alicyclic amines) is 1. The number of amides is 1. The lowest BCUT2D eigenvalue weighted by Gasteiger charge is -2.26. The monoisotopic (exact) mass is 338 g/mol. The van der Waals surface area contributed by atoms with E-state index in [0.29, 0.717) is 6.04 Å². The highest BCUT2D eigenvalue weighted by molar-refractivity contribution is 6.30. The molecule has 128 valence electrons. The van der Waals surface area contributed by atoms with Crippen molar-refractivity contribution in [1.82, 2.24) is 4.90 Å². The maximum absolute atomic E-state index is 12.2. The van der Waals surface area contributed by atoms with Gasteiger partial charge in [-0.2, -0.15) is 0 Å². The van der Waals surface area contributed by atoms with E-state index >= 15 is 0 Å². The van der Waals surface area contributed by atoms with Gasteiger partial charge in [0.25, 0.3) is 0 Å². The highest BCUT2D eigenvalue weighted by atomic mass is 35.5. The third kappa shape index (κ3) is 5.61. The van der Waals surface area contributed by atoms with Gasteiger partial charge in [-0.05, 0) is 70.7 Å². The number of nitrogens with zero attached hydrogens (tertiary/aromatic N) is 1. The minimum absolute atomic E-state index is 0.208. The zero-order valence-corrected chi connectivity index (χ0v) is 15.2. The quantitative estimate of drug-likeness (QED) is 0.838. The Labute approximate surface area is 144 Å². The molecule has 1 amide bonds. The van der Waals surface area contributed by atoms with Crippen LogP contribution < -0.4 is 5.32 Å². The number of carbonyl (C=O) groups is 1. The van der Waals surface area contributed by atoms with E-state index in [0.717, 1.165) is 48.6 Å². The molecular weight excluding hydrogens is 312 g/mol. The second kappa shape index (κ2) is 7.43. The predicted octanol–water partition coefficient (Wildman–Crippen LogP) is 4.85. The number of anilines is 1. The Kier molecular flexibility index (Phi) is 5.79. The molecule has 0 aromatic heterocycles. The zero-order chi connectivity index (χ0) is 17.0. The molecule has 0 bridgehead atoms. The summed E-state index contributed by atoms with van der Waals surface area (Å²) in [5, 5.41) is 4.34. The summed E-state index contributed by atoms with van der Waals surface area (Å²) in [6.07, 6.45) is 2.73. The van der Waals surface area contributed by atoms with Crippen molar-refractivity contribution >= 4 is 23.4 Å². The van der Waals surface area contributed by atoms with Crippen LogP contribution in [0.4, 0.5) is 10.5 Å². The first-order valence-electron chi connectivity index (χ1n) is 8.25. The summed E-state index contributed by atoms with van der Waals surface area (Å²) in [4.78, 5) is 14.0. The van der Waals surface area contributed by atoms with Crippen LogP contribution in [0, 0.1) is 6.92 Å². The molecule has 5 heteroatoms. The molecule has 1 heterocycles. The molecule has 1 saturated heterocycles. The number of ether oxygens (including phenoxy) is 1. The number of hydrogen-bond acceptors (Lipinski definition) is 3. The fourth-order valence-corrected chi connectivity index (χ4v) is 2.99. The minimum atomic E-state index is -0.443. The Morgan fingerprint density at radius 1 is 1.30 bits per heavy atom. The Morgan fingerprint density at radius 2 is 2.04 bits per heavy atom. The second-order valence-corrected chi connectivity index (χ2v) is 7.64. The van der Waals surface area contributed by atoms with Crippen molar-refractivity contribution in [1.29, 1.82) is 0 Å². The number of hydrogen-bond donors (Lipinski definition) is 1. The molecule has 4 nitrogen and oxygen atoms in total. The van der Waals surface area contributed by atoms with E-state index in [9.17, 15) is 4.79 Å². The zero-order valence-electron chi connectivity index (χ0n) is 14.5. The van der Waals surface area contributed by atoms with Crippen LogP contribution in [-0.4, -0.2) is 35.7 Å². The van der Waals surface area contributed by atoms with E-state index in [2.05, 4.69) is 12.2 Å². The Morgan fingerprint density at radius 3 is 2.70 bits per heavy atom. The van der Waals surface area contributed by atoms with Crippen molar-refractivity contribution in [3.63, 3.8) is 0 Å².